The fourth-order valence-corrected chi connectivity index (χ4v) is 2.68. The molecule has 1 aliphatic rings. The van der Waals surface area contributed by atoms with Gasteiger partial charge in [0.25, 0.3) is 5.91 Å². The Morgan fingerprint density at radius 3 is 2.84 bits per heavy atom. The number of carbonyl (C=O) groups excluding carboxylic acids is 1. The number of nitrogens with one attached hydrogen (secondary N) is 2. The number of aromatic nitrogens is 2. The SMILES string of the molecule is CCc1cc(C(=O)NC2CCC(C)NC2C)n(C)n1. The molecule has 0 radical (unpaired) electrons. The zero-order valence-electron chi connectivity index (χ0n) is 12.2. The minimum absolute atomic E-state index is 0.0251. The summed E-state index contributed by atoms with van der Waals surface area (Å²) >= 11 is 0. The second-order valence-electron chi connectivity index (χ2n) is 5.51. The van der Waals surface area contributed by atoms with Gasteiger partial charge in [-0.15, -0.1) is 0 Å². The van der Waals surface area contributed by atoms with Crippen LogP contribution in [0.1, 0.15) is 49.8 Å². The van der Waals surface area contributed by atoms with Crippen LogP contribution >= 0.6 is 0 Å². The standard InChI is InChI=1S/C14H24N4O/c1-5-11-8-13(18(4)17-11)14(19)16-12-7-6-9(2)15-10(12)3/h8-10,12,15H,5-7H2,1-4H3,(H,16,19). The molecule has 5 heteroatoms. The minimum Gasteiger partial charge on any atom is -0.346 e. The van der Waals surface area contributed by atoms with Crippen LogP contribution in [0.15, 0.2) is 6.07 Å². The second kappa shape index (κ2) is 5.74. The zero-order valence-corrected chi connectivity index (χ0v) is 12.2. The Bertz CT molecular complexity index is 454. The molecule has 0 spiro atoms. The average Bonchev–Trinajstić information content (AvgIpc) is 2.74. The van der Waals surface area contributed by atoms with E-state index in [-0.39, 0.29) is 11.9 Å². The Morgan fingerprint density at radius 1 is 1.53 bits per heavy atom. The van der Waals surface area contributed by atoms with Gasteiger partial charge in [0.05, 0.1) is 5.69 Å². The van der Waals surface area contributed by atoms with Gasteiger partial charge in [-0.3, -0.25) is 9.48 Å². The van der Waals surface area contributed by atoms with Gasteiger partial charge in [-0.05, 0) is 39.2 Å². The molecule has 1 amide bonds. The summed E-state index contributed by atoms with van der Waals surface area (Å²) in [6.07, 6.45) is 2.97. The van der Waals surface area contributed by atoms with Crippen molar-refractivity contribution >= 4 is 5.91 Å². The van der Waals surface area contributed by atoms with Crippen molar-refractivity contribution in [3.8, 4) is 0 Å². The number of nitrogens with zero attached hydrogens (tertiary/aromatic N) is 2. The molecule has 1 fully saturated rings. The summed E-state index contributed by atoms with van der Waals surface area (Å²) in [5.74, 6) is -0.0251. The molecule has 0 bridgehead atoms. The van der Waals surface area contributed by atoms with Crippen molar-refractivity contribution in [2.24, 2.45) is 7.05 Å². The monoisotopic (exact) mass is 264 g/mol. The number of piperidine rings is 1. The van der Waals surface area contributed by atoms with Crippen LogP contribution < -0.4 is 10.6 Å². The molecule has 106 valence electrons. The molecule has 19 heavy (non-hydrogen) atoms. The lowest BCUT2D eigenvalue weighted by Gasteiger charge is -2.34. The molecule has 0 saturated carbocycles. The smallest absolute Gasteiger partial charge is 0.269 e. The van der Waals surface area contributed by atoms with E-state index in [9.17, 15) is 4.79 Å². The Kier molecular flexibility index (Phi) is 4.24. The maximum absolute atomic E-state index is 12.3. The predicted octanol–water partition coefficient (Wildman–Crippen LogP) is 1.24. The molecule has 2 heterocycles. The van der Waals surface area contributed by atoms with Crippen molar-refractivity contribution in [2.45, 2.75) is 58.2 Å². The number of aryl methyl sites for hydroxylation is 2. The Balaban J connectivity index is 2.02. The van der Waals surface area contributed by atoms with E-state index in [4.69, 9.17) is 0 Å². The van der Waals surface area contributed by atoms with Gasteiger partial charge in [0.2, 0.25) is 0 Å². The van der Waals surface area contributed by atoms with Gasteiger partial charge in [-0.1, -0.05) is 6.92 Å². The van der Waals surface area contributed by atoms with Gasteiger partial charge >= 0.3 is 0 Å². The van der Waals surface area contributed by atoms with Crippen LogP contribution in [0.25, 0.3) is 0 Å². The molecule has 1 aromatic rings. The maximum Gasteiger partial charge on any atom is 0.269 e. The minimum atomic E-state index is -0.0251. The lowest BCUT2D eigenvalue weighted by atomic mass is 9.95. The van der Waals surface area contributed by atoms with E-state index in [1.807, 2.05) is 20.0 Å². The quantitative estimate of drug-likeness (QED) is 0.863. The molecule has 3 unspecified atom stereocenters. The summed E-state index contributed by atoms with van der Waals surface area (Å²) in [4.78, 5) is 12.3. The van der Waals surface area contributed by atoms with Crippen molar-refractivity contribution in [1.82, 2.24) is 20.4 Å². The fraction of sp³-hybridized carbons (Fsp3) is 0.714. The summed E-state index contributed by atoms with van der Waals surface area (Å²) in [7, 11) is 1.82. The van der Waals surface area contributed by atoms with E-state index in [1.165, 1.54) is 0 Å². The van der Waals surface area contributed by atoms with Crippen LogP contribution in [0, 0.1) is 0 Å². The molecule has 5 nitrogen and oxygen atoms in total. The highest BCUT2D eigenvalue weighted by molar-refractivity contribution is 5.92. The van der Waals surface area contributed by atoms with Crippen molar-refractivity contribution < 1.29 is 4.79 Å². The van der Waals surface area contributed by atoms with Crippen LogP contribution in [-0.2, 0) is 13.5 Å². The fourth-order valence-electron chi connectivity index (χ4n) is 2.68. The van der Waals surface area contributed by atoms with Gasteiger partial charge < -0.3 is 10.6 Å². The van der Waals surface area contributed by atoms with E-state index in [0.29, 0.717) is 17.8 Å². The first kappa shape index (κ1) is 14.1. The normalized spacial score (nSPS) is 27.3. The molecular formula is C14H24N4O. The van der Waals surface area contributed by atoms with Crippen LogP contribution in [0.4, 0.5) is 0 Å². The van der Waals surface area contributed by atoms with Gasteiger partial charge in [0.15, 0.2) is 0 Å². The van der Waals surface area contributed by atoms with Crippen LogP contribution in [0.3, 0.4) is 0 Å². The van der Waals surface area contributed by atoms with Crippen LogP contribution in [-0.4, -0.2) is 33.8 Å². The first-order valence-corrected chi connectivity index (χ1v) is 7.11. The first-order chi connectivity index (χ1) is 9.01. The molecule has 0 aromatic carbocycles. The zero-order chi connectivity index (χ0) is 14.0. The number of rotatable bonds is 3. The summed E-state index contributed by atoms with van der Waals surface area (Å²) in [5.41, 5.74) is 1.60. The van der Waals surface area contributed by atoms with Crippen LogP contribution in [0.5, 0.6) is 0 Å². The largest absolute Gasteiger partial charge is 0.346 e. The van der Waals surface area contributed by atoms with Crippen molar-refractivity contribution in [2.75, 3.05) is 0 Å². The Hall–Kier alpha value is -1.36. The van der Waals surface area contributed by atoms with Gasteiger partial charge in [0.1, 0.15) is 5.69 Å². The topological polar surface area (TPSA) is 59.0 Å². The molecule has 1 saturated heterocycles. The molecule has 2 rings (SSSR count). The summed E-state index contributed by atoms with van der Waals surface area (Å²) in [6.45, 7) is 6.35. The van der Waals surface area contributed by atoms with Crippen molar-refractivity contribution in [3.63, 3.8) is 0 Å². The Labute approximate surface area is 114 Å². The van der Waals surface area contributed by atoms with Gasteiger partial charge in [0, 0.05) is 25.2 Å². The van der Waals surface area contributed by atoms with Gasteiger partial charge in [-0.25, -0.2) is 0 Å². The molecule has 1 aliphatic heterocycles. The average molecular weight is 264 g/mol. The number of amides is 1. The third kappa shape index (κ3) is 3.15. The highest BCUT2D eigenvalue weighted by Crippen LogP contribution is 2.14. The molecule has 3 atom stereocenters. The molecule has 1 aromatic heterocycles. The lowest BCUT2D eigenvalue weighted by Crippen LogP contribution is -2.54. The van der Waals surface area contributed by atoms with Crippen LogP contribution in [0.2, 0.25) is 0 Å². The third-order valence-corrected chi connectivity index (χ3v) is 3.90. The summed E-state index contributed by atoms with van der Waals surface area (Å²) < 4.78 is 1.66. The summed E-state index contributed by atoms with van der Waals surface area (Å²) in [5, 5.41) is 10.9. The predicted molar refractivity (Wildman–Crippen MR) is 75.1 cm³/mol. The highest BCUT2D eigenvalue weighted by atomic mass is 16.2. The highest BCUT2D eigenvalue weighted by Gasteiger charge is 2.26. The van der Waals surface area contributed by atoms with Crippen molar-refractivity contribution in [3.05, 3.63) is 17.5 Å². The van der Waals surface area contributed by atoms with E-state index in [2.05, 4.69) is 29.6 Å². The van der Waals surface area contributed by atoms with E-state index in [0.717, 1.165) is 25.0 Å². The second-order valence-corrected chi connectivity index (χ2v) is 5.51. The first-order valence-electron chi connectivity index (χ1n) is 7.11. The molecule has 0 aliphatic carbocycles. The number of hydrogen-bond donors (Lipinski definition) is 2. The van der Waals surface area contributed by atoms with E-state index < -0.39 is 0 Å². The molecular weight excluding hydrogens is 240 g/mol. The van der Waals surface area contributed by atoms with Gasteiger partial charge in [-0.2, -0.15) is 5.10 Å². The maximum atomic E-state index is 12.3. The Morgan fingerprint density at radius 2 is 2.26 bits per heavy atom. The number of hydrogen-bond acceptors (Lipinski definition) is 3. The molecule has 2 N–H and O–H groups in total. The van der Waals surface area contributed by atoms with E-state index in [1.54, 1.807) is 4.68 Å². The lowest BCUT2D eigenvalue weighted by molar-refractivity contribution is 0.0905. The summed E-state index contributed by atoms with van der Waals surface area (Å²) in [6, 6.07) is 2.92. The number of carbonyl (C=O) groups is 1. The third-order valence-electron chi connectivity index (χ3n) is 3.90. The van der Waals surface area contributed by atoms with Crippen molar-refractivity contribution in [1.29, 1.82) is 0 Å². The van der Waals surface area contributed by atoms with E-state index >= 15 is 0 Å².